The first-order chi connectivity index (χ1) is 13.1. The number of nitrogens with zero attached hydrogens (tertiary/aromatic N) is 5. The Balaban J connectivity index is 2.32. The van der Waals surface area contributed by atoms with E-state index in [4.69, 9.17) is 32.9 Å². The van der Waals surface area contributed by atoms with Gasteiger partial charge in [-0.05, 0) is 11.3 Å². The normalized spacial score (nSPS) is 21.3. The van der Waals surface area contributed by atoms with Crippen LogP contribution in [0.15, 0.2) is 6.20 Å². The lowest BCUT2D eigenvalue weighted by Gasteiger charge is -2.40. The zero-order valence-corrected chi connectivity index (χ0v) is 18.0. The number of aromatic nitrogens is 2. The van der Waals surface area contributed by atoms with E-state index in [0.29, 0.717) is 13.0 Å². The summed E-state index contributed by atoms with van der Waals surface area (Å²) >= 11 is 11.6. The maximum atomic E-state index is 13.5. The van der Waals surface area contributed by atoms with Crippen molar-refractivity contribution >= 4 is 46.8 Å². The lowest BCUT2D eigenvalue weighted by atomic mass is 10.4. The first-order valence-electron chi connectivity index (χ1n) is 8.19. The molecule has 16 heteroatoms. The van der Waals surface area contributed by atoms with Crippen LogP contribution < -0.4 is 5.14 Å². The van der Waals surface area contributed by atoms with Crippen LogP contribution >= 0.6 is 30.9 Å². The summed E-state index contributed by atoms with van der Waals surface area (Å²) in [6.45, 7) is 1.20. The van der Waals surface area contributed by atoms with Crippen molar-refractivity contribution in [2.75, 3.05) is 38.0 Å². The van der Waals surface area contributed by atoms with Crippen LogP contribution in [0.3, 0.4) is 0 Å². The molecular weight excluding hydrogens is 458 g/mol. The van der Waals surface area contributed by atoms with Gasteiger partial charge in [-0.1, -0.05) is 4.98 Å². The average molecular weight is 479 g/mol. The van der Waals surface area contributed by atoms with Gasteiger partial charge in [0.2, 0.25) is 10.0 Å². The first-order valence-corrected chi connectivity index (χ1v) is 12.5. The Kier molecular flexibility index (Phi) is 8.23. The second-order valence-electron chi connectivity index (χ2n) is 5.95. The number of alkyl halides is 2. The van der Waals surface area contributed by atoms with Crippen molar-refractivity contribution in [2.24, 2.45) is 5.14 Å². The van der Waals surface area contributed by atoms with Gasteiger partial charge in [0.15, 0.2) is 11.6 Å². The first kappa shape index (κ1) is 23.5. The zero-order chi connectivity index (χ0) is 20.9. The number of halogens is 2. The predicted molar refractivity (Wildman–Crippen MR) is 104 cm³/mol. The molecule has 0 spiro atoms. The second-order valence-corrected chi connectivity index (χ2v) is 10.7. The van der Waals surface area contributed by atoms with Gasteiger partial charge >= 0.3 is 13.6 Å². The van der Waals surface area contributed by atoms with Gasteiger partial charge < -0.3 is 14.6 Å². The lowest BCUT2D eigenvalue weighted by Crippen LogP contribution is -2.38. The predicted octanol–water partition coefficient (Wildman–Crippen LogP) is 1.15. The summed E-state index contributed by atoms with van der Waals surface area (Å²) < 4.78 is 45.7. The molecule has 1 aliphatic rings. The largest absolute Gasteiger partial charge is 0.435 e. The monoisotopic (exact) mass is 478 g/mol. The molecule has 2 heterocycles. The minimum Gasteiger partial charge on any atom is -0.390 e. The van der Waals surface area contributed by atoms with Gasteiger partial charge in [0.05, 0.1) is 13.2 Å². The number of sulfonamides is 1. The highest BCUT2D eigenvalue weighted by molar-refractivity contribution is 7.88. The van der Waals surface area contributed by atoms with Crippen LogP contribution in [0.5, 0.6) is 0 Å². The zero-order valence-electron chi connectivity index (χ0n) is 14.8. The fraction of sp³-hybridized carbons (Fsp3) is 0.750. The third-order valence-electron chi connectivity index (χ3n) is 3.85. The van der Waals surface area contributed by atoms with Gasteiger partial charge in [-0.15, -0.1) is 23.2 Å². The van der Waals surface area contributed by atoms with Gasteiger partial charge in [0.25, 0.3) is 0 Å². The van der Waals surface area contributed by atoms with Crippen molar-refractivity contribution in [3.8, 4) is 0 Å². The third-order valence-corrected chi connectivity index (χ3v) is 7.52. The van der Waals surface area contributed by atoms with Crippen molar-refractivity contribution < 1.29 is 22.4 Å². The fourth-order valence-corrected chi connectivity index (χ4v) is 6.48. The Labute approximate surface area is 172 Å². The van der Waals surface area contributed by atoms with Crippen LogP contribution in [-0.2, 0) is 31.5 Å². The van der Waals surface area contributed by atoms with Crippen LogP contribution in [-0.4, -0.2) is 70.2 Å². The van der Waals surface area contributed by atoms with E-state index in [1.54, 1.807) is 4.67 Å². The molecule has 0 aromatic carbocycles. The molecule has 1 aromatic rings. The summed E-state index contributed by atoms with van der Waals surface area (Å²) in [7, 11) is -7.48. The molecule has 0 bridgehead atoms. The molecule has 1 unspecified atom stereocenters. The van der Waals surface area contributed by atoms with E-state index in [9.17, 15) is 23.1 Å². The summed E-state index contributed by atoms with van der Waals surface area (Å²) in [5.74, 6) is -1.04. The topological polar surface area (TPSA) is 154 Å². The highest BCUT2D eigenvalue weighted by atomic mass is 35.5. The van der Waals surface area contributed by atoms with Gasteiger partial charge in [-0.25, -0.2) is 27.5 Å². The van der Waals surface area contributed by atoms with Gasteiger partial charge in [0, 0.05) is 31.4 Å². The minimum atomic E-state index is -4.02. The molecule has 28 heavy (non-hydrogen) atoms. The quantitative estimate of drug-likeness (QED) is 0.225. The maximum absolute atomic E-state index is 13.5. The summed E-state index contributed by atoms with van der Waals surface area (Å²) in [6, 6.07) is 0. The Morgan fingerprint density at radius 1 is 1.39 bits per heavy atom. The molecular formula is C12H21Cl2N6O6PS. The Bertz CT molecular complexity index is 846. The summed E-state index contributed by atoms with van der Waals surface area (Å²) in [4.78, 5) is 14.2. The summed E-state index contributed by atoms with van der Waals surface area (Å²) in [6.07, 6.45) is 1.80. The highest BCUT2D eigenvalue weighted by Crippen LogP contribution is 2.56. The van der Waals surface area contributed by atoms with Gasteiger partial charge in [-0.3, -0.25) is 4.57 Å². The second kappa shape index (κ2) is 9.81. The highest BCUT2D eigenvalue weighted by Gasteiger charge is 2.41. The Morgan fingerprint density at radius 2 is 2.04 bits per heavy atom. The molecule has 2 rings (SSSR count). The van der Waals surface area contributed by atoms with E-state index in [-0.39, 0.29) is 43.7 Å². The molecule has 0 amide bonds. The number of primary sulfonamides is 1. The standard InChI is InChI=1S/C12H21Cl2N6O6PS/c13-2-5-18(6-3-14)27(23)19(4-1-7-26-27)9-11-8-17(10-28(15,24)25)12(16-11)20(21)22/h8H,1-7,9-10H2,(H2,15,24,25). The molecule has 0 saturated carbocycles. The van der Waals surface area contributed by atoms with Crippen LogP contribution in [0.25, 0.3) is 0 Å². The van der Waals surface area contributed by atoms with Crippen LogP contribution in [0.1, 0.15) is 12.1 Å². The lowest BCUT2D eigenvalue weighted by molar-refractivity contribution is -0.396. The summed E-state index contributed by atoms with van der Waals surface area (Å²) in [5, 5.41) is 16.1. The van der Waals surface area contributed by atoms with E-state index in [1.807, 2.05) is 0 Å². The molecule has 1 saturated heterocycles. The minimum absolute atomic E-state index is 0.0448. The van der Waals surface area contributed by atoms with E-state index in [0.717, 1.165) is 4.57 Å². The molecule has 2 N–H and O–H groups in total. The number of hydrogen-bond donors (Lipinski definition) is 1. The van der Waals surface area contributed by atoms with E-state index in [2.05, 4.69) is 4.98 Å². The number of nitro groups is 1. The number of rotatable bonds is 10. The molecule has 1 aromatic heterocycles. The van der Waals surface area contributed by atoms with E-state index >= 15 is 0 Å². The van der Waals surface area contributed by atoms with Crippen molar-refractivity contribution in [3.05, 3.63) is 22.0 Å². The molecule has 160 valence electrons. The Hall–Kier alpha value is -0.790. The van der Waals surface area contributed by atoms with Gasteiger partial charge in [-0.2, -0.15) is 0 Å². The van der Waals surface area contributed by atoms with Crippen LogP contribution in [0.2, 0.25) is 0 Å². The average Bonchev–Trinajstić information content (AvgIpc) is 2.97. The van der Waals surface area contributed by atoms with Crippen molar-refractivity contribution in [1.29, 1.82) is 0 Å². The van der Waals surface area contributed by atoms with Crippen LogP contribution in [0, 0.1) is 10.1 Å². The molecule has 0 aliphatic carbocycles. The maximum Gasteiger partial charge on any atom is 0.435 e. The van der Waals surface area contributed by atoms with E-state index in [1.165, 1.54) is 10.9 Å². The molecule has 1 fully saturated rings. The smallest absolute Gasteiger partial charge is 0.390 e. The molecule has 12 nitrogen and oxygen atoms in total. The number of nitrogens with two attached hydrogens (primary N) is 1. The van der Waals surface area contributed by atoms with Crippen molar-refractivity contribution in [2.45, 2.75) is 18.8 Å². The number of imidazole rings is 1. The summed E-state index contributed by atoms with van der Waals surface area (Å²) in [5.41, 5.74) is 0.165. The number of hydrogen-bond acceptors (Lipinski definition) is 7. The van der Waals surface area contributed by atoms with Crippen molar-refractivity contribution in [1.82, 2.24) is 18.9 Å². The Morgan fingerprint density at radius 3 is 2.57 bits per heavy atom. The van der Waals surface area contributed by atoms with E-state index < -0.39 is 34.4 Å². The van der Waals surface area contributed by atoms with Gasteiger partial charge in [0.1, 0.15) is 6.20 Å². The van der Waals surface area contributed by atoms with Crippen LogP contribution in [0.4, 0.5) is 5.95 Å². The fourth-order valence-electron chi connectivity index (χ4n) is 2.78. The molecule has 1 aliphatic heterocycles. The third kappa shape index (κ3) is 5.86. The molecule has 1 atom stereocenters. The SMILES string of the molecule is NS(=O)(=O)Cn1cc(CN2CCCOP2(=O)N(CCCl)CCCl)nc1[N+](=O)[O-]. The molecule has 0 radical (unpaired) electrons. The van der Waals surface area contributed by atoms with Crippen molar-refractivity contribution in [3.63, 3.8) is 0 Å².